The van der Waals surface area contributed by atoms with Gasteiger partial charge in [0.2, 0.25) is 0 Å². The lowest BCUT2D eigenvalue weighted by Crippen LogP contribution is -2.32. The molecule has 1 saturated heterocycles. The molecule has 0 aromatic carbocycles. The smallest absolute Gasteiger partial charge is 0.288 e. The van der Waals surface area contributed by atoms with Gasteiger partial charge in [-0.2, -0.15) is 0 Å². The van der Waals surface area contributed by atoms with Gasteiger partial charge in [0.05, 0.1) is 10.5 Å². The van der Waals surface area contributed by atoms with Crippen molar-refractivity contribution >= 4 is 17.3 Å². The number of rotatable bonds is 3. The molecule has 1 aromatic rings. The number of piperidine rings is 1. The second-order valence-corrected chi connectivity index (χ2v) is 4.35. The van der Waals surface area contributed by atoms with Crippen LogP contribution in [0.5, 0.6) is 0 Å². The maximum absolute atomic E-state index is 10.8. The molecular formula is C11H15N5O3. The number of nitro groups is 1. The van der Waals surface area contributed by atoms with Crippen LogP contribution in [-0.4, -0.2) is 34.0 Å². The molecule has 102 valence electrons. The van der Waals surface area contributed by atoms with Gasteiger partial charge in [-0.15, -0.1) is 0 Å². The first-order valence-corrected chi connectivity index (χ1v) is 6.00. The first-order valence-electron chi connectivity index (χ1n) is 6.00. The third-order valence-electron chi connectivity index (χ3n) is 3.10. The fourth-order valence-electron chi connectivity index (χ4n) is 2.15. The number of aromatic nitrogens is 1. The van der Waals surface area contributed by atoms with E-state index in [1.807, 2.05) is 4.90 Å². The minimum atomic E-state index is -0.554. The predicted octanol–water partition coefficient (Wildman–Crippen LogP) is 1.07. The average Bonchev–Trinajstić information content (AvgIpc) is 2.46. The zero-order valence-corrected chi connectivity index (χ0v) is 10.3. The molecular weight excluding hydrogens is 250 g/mol. The Morgan fingerprint density at radius 1 is 1.47 bits per heavy atom. The molecule has 0 unspecified atom stereocenters. The van der Waals surface area contributed by atoms with E-state index in [1.54, 1.807) is 0 Å². The second-order valence-electron chi connectivity index (χ2n) is 4.35. The minimum absolute atomic E-state index is 0.170. The predicted molar refractivity (Wildman–Crippen MR) is 69.5 cm³/mol. The first kappa shape index (κ1) is 13.1. The van der Waals surface area contributed by atoms with E-state index in [0.717, 1.165) is 32.4 Å². The monoisotopic (exact) mass is 265 g/mol. The van der Waals surface area contributed by atoms with Gasteiger partial charge in [-0.05, 0) is 19.3 Å². The quantitative estimate of drug-likeness (QED) is 0.277. The summed E-state index contributed by atoms with van der Waals surface area (Å²) in [6, 6.07) is 1.28. The van der Waals surface area contributed by atoms with Crippen LogP contribution in [0.1, 0.15) is 24.8 Å². The standard InChI is InChI=1S/C11H15N5O3/c12-10(14-17)9-6-8(16(18)19)7-13-11(9)15-4-2-1-3-5-15/h6-7,17H,1-5H2,(H2,12,14). The van der Waals surface area contributed by atoms with Crippen molar-refractivity contribution in [3.8, 4) is 0 Å². The van der Waals surface area contributed by atoms with Gasteiger partial charge in [0, 0.05) is 19.2 Å². The third kappa shape index (κ3) is 2.72. The number of oxime groups is 1. The number of anilines is 1. The van der Waals surface area contributed by atoms with E-state index < -0.39 is 4.92 Å². The molecule has 1 fully saturated rings. The van der Waals surface area contributed by atoms with E-state index in [2.05, 4.69) is 10.1 Å². The maximum Gasteiger partial charge on any atom is 0.288 e. The molecule has 3 N–H and O–H groups in total. The summed E-state index contributed by atoms with van der Waals surface area (Å²) in [5, 5.41) is 22.5. The zero-order chi connectivity index (χ0) is 13.8. The normalized spacial score (nSPS) is 16.4. The first-order chi connectivity index (χ1) is 9.13. The molecule has 2 rings (SSSR count). The lowest BCUT2D eigenvalue weighted by Gasteiger charge is -2.28. The van der Waals surface area contributed by atoms with Crippen LogP contribution in [0.25, 0.3) is 0 Å². The summed E-state index contributed by atoms with van der Waals surface area (Å²) >= 11 is 0. The van der Waals surface area contributed by atoms with E-state index in [4.69, 9.17) is 10.9 Å². The van der Waals surface area contributed by atoms with E-state index in [-0.39, 0.29) is 11.5 Å². The van der Waals surface area contributed by atoms with Crippen molar-refractivity contribution in [2.24, 2.45) is 10.9 Å². The zero-order valence-electron chi connectivity index (χ0n) is 10.3. The SMILES string of the molecule is NC(=NO)c1cc([N+](=O)[O-])cnc1N1CCCCC1. The third-order valence-corrected chi connectivity index (χ3v) is 3.10. The Balaban J connectivity index is 2.44. The highest BCUT2D eigenvalue weighted by Gasteiger charge is 2.21. The Kier molecular flexibility index (Phi) is 3.79. The van der Waals surface area contributed by atoms with Crippen LogP contribution in [0.3, 0.4) is 0 Å². The molecule has 8 heteroatoms. The van der Waals surface area contributed by atoms with Crippen molar-refractivity contribution in [1.29, 1.82) is 0 Å². The van der Waals surface area contributed by atoms with Gasteiger partial charge in [0.1, 0.15) is 12.0 Å². The molecule has 1 aliphatic rings. The summed E-state index contributed by atoms with van der Waals surface area (Å²) in [6.45, 7) is 1.63. The number of hydrogen-bond donors (Lipinski definition) is 2. The van der Waals surface area contributed by atoms with E-state index in [1.165, 1.54) is 12.3 Å². The van der Waals surface area contributed by atoms with Crippen molar-refractivity contribution in [3.05, 3.63) is 27.9 Å². The van der Waals surface area contributed by atoms with Gasteiger partial charge in [0.15, 0.2) is 5.84 Å². The van der Waals surface area contributed by atoms with Crippen LogP contribution >= 0.6 is 0 Å². The summed E-state index contributed by atoms with van der Waals surface area (Å²) in [5.41, 5.74) is 5.69. The van der Waals surface area contributed by atoms with Gasteiger partial charge in [-0.25, -0.2) is 4.98 Å². The Labute approximate surface area is 109 Å². The molecule has 1 aromatic heterocycles. The Morgan fingerprint density at radius 2 is 2.16 bits per heavy atom. The second kappa shape index (κ2) is 5.51. The Morgan fingerprint density at radius 3 is 2.74 bits per heavy atom. The number of amidine groups is 1. The summed E-state index contributed by atoms with van der Waals surface area (Å²) in [5.74, 6) is 0.359. The molecule has 0 aliphatic carbocycles. The van der Waals surface area contributed by atoms with Crippen LogP contribution in [0.15, 0.2) is 17.4 Å². The molecule has 0 spiro atoms. The molecule has 0 amide bonds. The van der Waals surface area contributed by atoms with Gasteiger partial charge >= 0.3 is 0 Å². The Bertz CT molecular complexity index is 511. The molecule has 0 saturated carbocycles. The van der Waals surface area contributed by atoms with Crippen molar-refractivity contribution in [1.82, 2.24) is 4.98 Å². The van der Waals surface area contributed by atoms with Gasteiger partial charge in [0.25, 0.3) is 5.69 Å². The topological polar surface area (TPSA) is 118 Å². The van der Waals surface area contributed by atoms with Gasteiger partial charge < -0.3 is 15.8 Å². The van der Waals surface area contributed by atoms with Gasteiger partial charge in [-0.1, -0.05) is 5.16 Å². The maximum atomic E-state index is 10.8. The molecule has 0 radical (unpaired) electrons. The highest BCUT2D eigenvalue weighted by atomic mass is 16.6. The lowest BCUT2D eigenvalue weighted by molar-refractivity contribution is -0.385. The summed E-state index contributed by atoms with van der Waals surface area (Å²) < 4.78 is 0. The minimum Gasteiger partial charge on any atom is -0.409 e. The molecule has 0 bridgehead atoms. The highest BCUT2D eigenvalue weighted by Crippen LogP contribution is 2.25. The number of nitrogens with two attached hydrogens (primary N) is 1. The number of hydrogen-bond acceptors (Lipinski definition) is 6. The van der Waals surface area contributed by atoms with Crippen molar-refractivity contribution < 1.29 is 10.1 Å². The largest absolute Gasteiger partial charge is 0.409 e. The Hall–Kier alpha value is -2.38. The van der Waals surface area contributed by atoms with Gasteiger partial charge in [-0.3, -0.25) is 10.1 Å². The molecule has 19 heavy (non-hydrogen) atoms. The van der Waals surface area contributed by atoms with E-state index in [0.29, 0.717) is 11.4 Å². The average molecular weight is 265 g/mol. The van der Waals surface area contributed by atoms with E-state index >= 15 is 0 Å². The fraction of sp³-hybridized carbons (Fsp3) is 0.455. The van der Waals surface area contributed by atoms with Crippen LogP contribution in [0.2, 0.25) is 0 Å². The molecule has 2 heterocycles. The summed E-state index contributed by atoms with van der Waals surface area (Å²) in [4.78, 5) is 16.3. The van der Waals surface area contributed by atoms with Crippen LogP contribution in [0.4, 0.5) is 11.5 Å². The van der Waals surface area contributed by atoms with Crippen molar-refractivity contribution in [2.45, 2.75) is 19.3 Å². The summed E-state index contributed by atoms with van der Waals surface area (Å²) in [7, 11) is 0. The van der Waals surface area contributed by atoms with Crippen molar-refractivity contribution in [3.63, 3.8) is 0 Å². The lowest BCUT2D eigenvalue weighted by atomic mass is 10.1. The van der Waals surface area contributed by atoms with Crippen LogP contribution < -0.4 is 10.6 Å². The van der Waals surface area contributed by atoms with Crippen LogP contribution in [0, 0.1) is 10.1 Å². The molecule has 1 aliphatic heterocycles. The van der Waals surface area contributed by atoms with Crippen LogP contribution in [-0.2, 0) is 0 Å². The van der Waals surface area contributed by atoms with E-state index in [9.17, 15) is 10.1 Å². The fourth-order valence-corrected chi connectivity index (χ4v) is 2.15. The highest BCUT2D eigenvalue weighted by molar-refractivity contribution is 6.01. The summed E-state index contributed by atoms with van der Waals surface area (Å²) in [6.07, 6.45) is 4.42. The van der Waals surface area contributed by atoms with Crippen molar-refractivity contribution in [2.75, 3.05) is 18.0 Å². The number of nitrogens with zero attached hydrogens (tertiary/aromatic N) is 4. The molecule has 8 nitrogen and oxygen atoms in total. The number of pyridine rings is 1. The molecule has 0 atom stereocenters.